The molecule has 4 atom stereocenters. The van der Waals surface area contributed by atoms with Gasteiger partial charge in [0.1, 0.15) is 6.10 Å². The van der Waals surface area contributed by atoms with Crippen LogP contribution in [-0.2, 0) is 37.4 Å². The fraction of sp³-hybridized carbons (Fsp3) is 0.600. The molecule has 1 aliphatic rings. The third-order valence-corrected chi connectivity index (χ3v) is 2.97. The zero-order chi connectivity index (χ0) is 14.9. The minimum Gasteiger partial charge on any atom is -0.432 e. The molecular formula is C10H11FN5O4Y-. The van der Waals surface area contributed by atoms with Crippen molar-refractivity contribution in [2.24, 2.45) is 5.11 Å². The van der Waals surface area contributed by atoms with Gasteiger partial charge in [0.2, 0.25) is 5.72 Å². The molecule has 1 radical (unpaired) electrons. The second-order valence-electron chi connectivity index (χ2n) is 4.25. The van der Waals surface area contributed by atoms with Gasteiger partial charge < -0.3 is 25.6 Å². The van der Waals surface area contributed by atoms with E-state index in [4.69, 9.17) is 10.3 Å². The zero-order valence-corrected chi connectivity index (χ0v) is 13.8. The maximum Gasteiger partial charge on any atom is 0.344 e. The van der Waals surface area contributed by atoms with Gasteiger partial charge >= 0.3 is 5.69 Å². The normalized spacial score (nSPS) is 31.3. The van der Waals surface area contributed by atoms with E-state index >= 15 is 0 Å². The smallest absolute Gasteiger partial charge is 0.344 e. The van der Waals surface area contributed by atoms with Crippen molar-refractivity contribution in [3.8, 4) is 0 Å². The molecule has 2 N–H and O–H groups in total. The van der Waals surface area contributed by atoms with Gasteiger partial charge in [0.05, 0.1) is 6.61 Å². The molecule has 1 saturated heterocycles. The second-order valence-corrected chi connectivity index (χ2v) is 4.25. The van der Waals surface area contributed by atoms with Crippen LogP contribution in [0.5, 0.6) is 0 Å². The minimum absolute atomic E-state index is 0. The predicted octanol–water partition coefficient (Wildman–Crippen LogP) is -0.424. The van der Waals surface area contributed by atoms with Crippen LogP contribution in [0.2, 0.25) is 0 Å². The number of ether oxygens (including phenoxy) is 1. The van der Waals surface area contributed by atoms with E-state index in [1.54, 1.807) is 0 Å². The Morgan fingerprint density at radius 2 is 2.43 bits per heavy atom. The largest absolute Gasteiger partial charge is 0.432 e. The van der Waals surface area contributed by atoms with Gasteiger partial charge in [-0.1, -0.05) is 12.0 Å². The number of aliphatic hydroxyl groups excluding tert-OH is 2. The molecule has 0 bridgehead atoms. The maximum atomic E-state index is 14.1. The first kappa shape index (κ1) is 18.2. The number of alkyl halides is 1. The van der Waals surface area contributed by atoms with E-state index in [0.29, 0.717) is 5.69 Å². The number of nitrogens with zero attached hydrogens (tertiary/aromatic N) is 5. The summed E-state index contributed by atoms with van der Waals surface area (Å²) in [6.45, 7) is 0.591. The molecule has 4 unspecified atom stereocenters. The summed E-state index contributed by atoms with van der Waals surface area (Å²) in [4.78, 5) is 17.6. The summed E-state index contributed by atoms with van der Waals surface area (Å²) in [6, 6.07) is 2.59. The van der Waals surface area contributed by atoms with Gasteiger partial charge in [0.25, 0.3) is 0 Å². The maximum absolute atomic E-state index is 14.1. The number of aromatic nitrogens is 2. The van der Waals surface area contributed by atoms with E-state index in [0.717, 1.165) is 10.8 Å². The van der Waals surface area contributed by atoms with E-state index in [1.165, 1.54) is 6.92 Å². The van der Waals surface area contributed by atoms with Crippen LogP contribution in [0.4, 0.5) is 4.39 Å². The number of aliphatic hydroxyl groups is 2. The second kappa shape index (κ2) is 6.91. The van der Waals surface area contributed by atoms with Crippen molar-refractivity contribution in [1.82, 2.24) is 9.55 Å². The topological polar surface area (TPSA) is 133 Å². The van der Waals surface area contributed by atoms with Crippen LogP contribution in [0.25, 0.3) is 10.4 Å². The Labute approximate surface area is 143 Å². The average molecular weight is 373 g/mol. The van der Waals surface area contributed by atoms with Gasteiger partial charge in [0, 0.05) is 37.6 Å². The molecule has 111 valence electrons. The summed E-state index contributed by atoms with van der Waals surface area (Å²) < 4.78 is 19.9. The predicted molar refractivity (Wildman–Crippen MR) is 62.1 cm³/mol. The molecule has 11 heteroatoms. The molecule has 21 heavy (non-hydrogen) atoms. The molecule has 1 aromatic rings. The molecular weight excluding hydrogens is 362 g/mol. The van der Waals surface area contributed by atoms with Gasteiger partial charge in [-0.2, -0.15) is 6.20 Å². The van der Waals surface area contributed by atoms with Gasteiger partial charge in [-0.15, -0.1) is 5.69 Å². The number of hydrogen-bond acceptors (Lipinski definition) is 6. The average Bonchev–Trinajstić information content (AvgIpc) is 2.65. The Balaban J connectivity index is 0.00000220. The molecule has 1 aromatic heterocycles. The van der Waals surface area contributed by atoms with Crippen molar-refractivity contribution in [2.75, 3.05) is 6.61 Å². The first-order valence-corrected chi connectivity index (χ1v) is 5.59. The quantitative estimate of drug-likeness (QED) is 0.321. The third-order valence-electron chi connectivity index (χ3n) is 2.97. The van der Waals surface area contributed by atoms with Crippen molar-refractivity contribution in [3.05, 3.63) is 38.9 Å². The molecule has 0 aliphatic carbocycles. The van der Waals surface area contributed by atoms with Crippen LogP contribution in [0.1, 0.15) is 11.9 Å². The van der Waals surface area contributed by atoms with Crippen molar-refractivity contribution in [1.29, 1.82) is 0 Å². The number of hydrogen-bond donors (Lipinski definition) is 2. The molecule has 2 heterocycles. The first-order valence-electron chi connectivity index (χ1n) is 5.59. The summed E-state index contributed by atoms with van der Waals surface area (Å²) >= 11 is 0. The summed E-state index contributed by atoms with van der Waals surface area (Å²) in [5, 5.41) is 22.0. The van der Waals surface area contributed by atoms with E-state index in [9.17, 15) is 19.4 Å². The fourth-order valence-electron chi connectivity index (χ4n) is 1.91. The standard InChI is InChI=1S/C10H11FN5O4.Y/c1-5-2-3-16(9(19)13-5)8-6(11)7(18)10(4-17,20-8)14-15-12;/h3,6-8,17-18H,4H2,1H3;/q-1;. The fourth-order valence-corrected chi connectivity index (χ4v) is 1.91. The van der Waals surface area contributed by atoms with E-state index in [2.05, 4.69) is 21.1 Å². The number of rotatable bonds is 3. The van der Waals surface area contributed by atoms with Crippen molar-refractivity contribution < 1.29 is 52.0 Å². The van der Waals surface area contributed by atoms with Crippen LogP contribution in [0.15, 0.2) is 16.1 Å². The summed E-state index contributed by atoms with van der Waals surface area (Å²) in [6.07, 6.45) is -4.44. The summed E-state index contributed by atoms with van der Waals surface area (Å²) in [5.74, 6) is 0. The molecule has 0 spiro atoms. The van der Waals surface area contributed by atoms with Gasteiger partial charge in [-0.05, 0) is 5.53 Å². The molecule has 1 aliphatic heterocycles. The Hall–Kier alpha value is -0.896. The van der Waals surface area contributed by atoms with Crippen LogP contribution in [0.3, 0.4) is 0 Å². The SMILES string of the molecule is Cc1[c-]cn(C2OC(CO)(N=[N+]=[N-])C(O)C2F)c(=O)n1.[Y]. The molecule has 0 saturated carbocycles. The molecule has 0 aromatic carbocycles. The van der Waals surface area contributed by atoms with Gasteiger partial charge in [-0.25, -0.2) is 14.2 Å². The Bertz CT molecular complexity index is 622. The van der Waals surface area contributed by atoms with E-state index in [-0.39, 0.29) is 32.7 Å². The van der Waals surface area contributed by atoms with E-state index < -0.39 is 36.5 Å². The molecule has 1 fully saturated rings. The Kier molecular flexibility index (Phi) is 5.97. The molecule has 2 rings (SSSR count). The minimum atomic E-state index is -2.18. The van der Waals surface area contributed by atoms with Crippen LogP contribution >= 0.6 is 0 Å². The Morgan fingerprint density at radius 1 is 1.76 bits per heavy atom. The van der Waals surface area contributed by atoms with Crippen molar-refractivity contribution in [3.63, 3.8) is 0 Å². The van der Waals surface area contributed by atoms with Gasteiger partial charge in [-0.3, -0.25) is 0 Å². The van der Waals surface area contributed by atoms with Crippen LogP contribution < -0.4 is 5.69 Å². The monoisotopic (exact) mass is 373 g/mol. The number of aryl methyl sites for hydroxylation is 1. The summed E-state index contributed by atoms with van der Waals surface area (Å²) in [5.41, 5.74) is 5.74. The van der Waals surface area contributed by atoms with E-state index in [1.807, 2.05) is 0 Å². The zero-order valence-electron chi connectivity index (χ0n) is 10.9. The molecule has 9 nitrogen and oxygen atoms in total. The molecule has 0 amide bonds. The first-order chi connectivity index (χ1) is 9.45. The van der Waals surface area contributed by atoms with Crippen molar-refractivity contribution in [2.45, 2.75) is 31.2 Å². The third kappa shape index (κ3) is 3.15. The summed E-state index contributed by atoms with van der Waals surface area (Å²) in [7, 11) is 0. The van der Waals surface area contributed by atoms with Crippen molar-refractivity contribution >= 4 is 0 Å². The van der Waals surface area contributed by atoms with Crippen LogP contribution in [-0.4, -0.2) is 44.4 Å². The van der Waals surface area contributed by atoms with Gasteiger partial charge in [0.15, 0.2) is 12.4 Å². The number of halogens is 1. The van der Waals surface area contributed by atoms with Crippen LogP contribution in [0, 0.1) is 13.0 Å². The Morgan fingerprint density at radius 3 is 2.95 bits per heavy atom. The number of azide groups is 1.